The summed E-state index contributed by atoms with van der Waals surface area (Å²) in [5.74, 6) is 0.288. The molecule has 0 aliphatic carbocycles. The first-order chi connectivity index (χ1) is 16.2. The van der Waals surface area contributed by atoms with E-state index in [0.717, 1.165) is 34.0 Å². The summed E-state index contributed by atoms with van der Waals surface area (Å²) in [6, 6.07) is 16.7. The molecule has 1 aliphatic heterocycles. The molecule has 4 nitrogen and oxygen atoms in total. The Morgan fingerprint density at radius 2 is 1.68 bits per heavy atom. The fraction of sp³-hybridized carbons (Fsp3) is 0.120. The highest BCUT2D eigenvalue weighted by Crippen LogP contribution is 2.38. The Kier molecular flexibility index (Phi) is 8.10. The zero-order chi connectivity index (χ0) is 24.4. The smallest absolute Gasteiger partial charge is 0.293 e. The van der Waals surface area contributed by atoms with Crippen LogP contribution >= 0.6 is 66.8 Å². The van der Waals surface area contributed by atoms with Crippen LogP contribution in [0.2, 0.25) is 10.0 Å². The number of hydrogen-bond acceptors (Lipinski definition) is 4. The van der Waals surface area contributed by atoms with Crippen LogP contribution in [-0.4, -0.2) is 16.0 Å². The van der Waals surface area contributed by atoms with E-state index in [-0.39, 0.29) is 24.3 Å². The zero-order valence-corrected chi connectivity index (χ0v) is 23.3. The van der Waals surface area contributed by atoms with E-state index in [0.29, 0.717) is 29.6 Å². The molecular weight excluding hydrogens is 625 g/mol. The maximum absolute atomic E-state index is 12.9. The van der Waals surface area contributed by atoms with Gasteiger partial charge in [0.2, 0.25) is 0 Å². The van der Waals surface area contributed by atoms with E-state index < -0.39 is 0 Å². The fourth-order valence-electron chi connectivity index (χ4n) is 3.25. The maximum atomic E-state index is 12.9. The lowest BCUT2D eigenvalue weighted by atomic mass is 10.1. The molecule has 3 aromatic carbocycles. The molecule has 0 saturated carbocycles. The van der Waals surface area contributed by atoms with Gasteiger partial charge in [0.05, 0.1) is 20.4 Å². The van der Waals surface area contributed by atoms with E-state index in [1.54, 1.807) is 18.2 Å². The van der Waals surface area contributed by atoms with Gasteiger partial charge in [-0.2, -0.15) is 0 Å². The van der Waals surface area contributed by atoms with Crippen molar-refractivity contribution in [2.75, 3.05) is 0 Å². The van der Waals surface area contributed by atoms with Crippen LogP contribution in [0.3, 0.4) is 0 Å². The van der Waals surface area contributed by atoms with Gasteiger partial charge >= 0.3 is 0 Å². The van der Waals surface area contributed by atoms with Crippen molar-refractivity contribution in [2.24, 2.45) is 0 Å². The van der Waals surface area contributed by atoms with Gasteiger partial charge in [-0.15, -0.1) is 0 Å². The van der Waals surface area contributed by atoms with Gasteiger partial charge in [-0.1, -0.05) is 59.1 Å². The zero-order valence-electron chi connectivity index (χ0n) is 17.8. The number of thioether (sulfide) groups is 1. The number of carbonyl (C=O) groups excluding carboxylic acids is 2. The molecule has 0 spiro atoms. The maximum Gasteiger partial charge on any atom is 0.293 e. The number of imide groups is 1. The minimum Gasteiger partial charge on any atom is -0.486 e. The molecule has 34 heavy (non-hydrogen) atoms. The second-order valence-corrected chi connectivity index (χ2v) is 11.1. The second kappa shape index (κ2) is 10.9. The van der Waals surface area contributed by atoms with Crippen LogP contribution in [0, 0.1) is 6.92 Å². The predicted molar refractivity (Wildman–Crippen MR) is 145 cm³/mol. The molecule has 3 aromatic rings. The van der Waals surface area contributed by atoms with Gasteiger partial charge in [-0.05, 0) is 92.0 Å². The summed E-state index contributed by atoms with van der Waals surface area (Å²) in [7, 11) is 0. The minimum absolute atomic E-state index is 0.246. The first kappa shape index (κ1) is 25.3. The SMILES string of the molecule is Cc1ccc(CN2C(=O)S/C(=C\c3cc(Br)c(OCc4ccc(Cl)cc4Cl)c(Br)c3)C2=O)cc1. The van der Waals surface area contributed by atoms with E-state index in [1.165, 1.54) is 4.90 Å². The molecule has 0 radical (unpaired) electrons. The summed E-state index contributed by atoms with van der Waals surface area (Å²) in [4.78, 5) is 27.0. The topological polar surface area (TPSA) is 46.6 Å². The standard InChI is InChI=1S/C25H17Br2Cl2NO3S/c1-14-2-4-15(5-3-14)12-30-24(31)22(34-25(30)32)10-16-8-19(26)23(20(27)9-16)33-13-17-6-7-18(28)11-21(17)29/h2-11H,12-13H2,1H3/b22-10-. The van der Waals surface area contributed by atoms with Crippen molar-refractivity contribution in [3.8, 4) is 5.75 Å². The van der Waals surface area contributed by atoms with Crippen LogP contribution in [-0.2, 0) is 17.9 Å². The molecule has 2 amide bonds. The number of aryl methyl sites for hydroxylation is 1. The number of rotatable bonds is 6. The molecule has 174 valence electrons. The van der Waals surface area contributed by atoms with Crippen LogP contribution in [0.5, 0.6) is 5.75 Å². The Morgan fingerprint density at radius 1 is 1.00 bits per heavy atom. The molecule has 1 aliphatic rings. The van der Waals surface area contributed by atoms with Crippen molar-refractivity contribution in [3.05, 3.63) is 101 Å². The van der Waals surface area contributed by atoms with Crippen LogP contribution in [0.1, 0.15) is 22.3 Å². The monoisotopic (exact) mass is 639 g/mol. The number of halogens is 4. The highest BCUT2D eigenvalue weighted by Gasteiger charge is 2.35. The molecule has 4 rings (SSSR count). The van der Waals surface area contributed by atoms with Gasteiger partial charge in [-0.25, -0.2) is 0 Å². The largest absolute Gasteiger partial charge is 0.486 e. The molecule has 0 N–H and O–H groups in total. The predicted octanol–water partition coefficient (Wildman–Crippen LogP) is 8.64. The molecule has 9 heteroatoms. The average molecular weight is 642 g/mol. The van der Waals surface area contributed by atoms with E-state index in [2.05, 4.69) is 31.9 Å². The number of amides is 2. The quantitative estimate of drug-likeness (QED) is 0.253. The third-order valence-corrected chi connectivity index (χ3v) is 7.71. The Hall–Kier alpha value is -1.77. The van der Waals surface area contributed by atoms with E-state index in [9.17, 15) is 9.59 Å². The number of benzene rings is 3. The summed E-state index contributed by atoms with van der Waals surface area (Å²) in [6.07, 6.45) is 1.70. The highest BCUT2D eigenvalue weighted by molar-refractivity contribution is 9.11. The van der Waals surface area contributed by atoms with Crippen LogP contribution in [0.15, 0.2) is 68.4 Å². The van der Waals surface area contributed by atoms with Crippen LogP contribution < -0.4 is 4.74 Å². The van der Waals surface area contributed by atoms with Crippen molar-refractivity contribution in [1.82, 2.24) is 4.90 Å². The molecule has 0 bridgehead atoms. The lowest BCUT2D eigenvalue weighted by molar-refractivity contribution is -0.123. The Bertz CT molecular complexity index is 1290. The Morgan fingerprint density at radius 3 is 2.32 bits per heavy atom. The van der Waals surface area contributed by atoms with Crippen molar-refractivity contribution in [1.29, 1.82) is 0 Å². The van der Waals surface area contributed by atoms with Gasteiger partial charge in [0, 0.05) is 15.6 Å². The van der Waals surface area contributed by atoms with E-state index in [1.807, 2.05) is 49.4 Å². The number of carbonyl (C=O) groups is 2. The van der Waals surface area contributed by atoms with Crippen LogP contribution in [0.4, 0.5) is 4.79 Å². The number of nitrogens with zero attached hydrogens (tertiary/aromatic N) is 1. The molecular formula is C25H17Br2Cl2NO3S. The van der Waals surface area contributed by atoms with Crippen molar-refractivity contribution < 1.29 is 14.3 Å². The average Bonchev–Trinajstić information content (AvgIpc) is 3.03. The van der Waals surface area contributed by atoms with Crippen molar-refractivity contribution in [2.45, 2.75) is 20.1 Å². The van der Waals surface area contributed by atoms with E-state index >= 15 is 0 Å². The van der Waals surface area contributed by atoms with Crippen molar-refractivity contribution in [3.63, 3.8) is 0 Å². The van der Waals surface area contributed by atoms with Gasteiger partial charge in [0.15, 0.2) is 0 Å². The van der Waals surface area contributed by atoms with E-state index in [4.69, 9.17) is 27.9 Å². The molecule has 1 fully saturated rings. The third-order valence-electron chi connectivity index (χ3n) is 5.04. The molecule has 0 atom stereocenters. The number of hydrogen-bond donors (Lipinski definition) is 0. The lowest BCUT2D eigenvalue weighted by Crippen LogP contribution is -2.27. The molecule has 1 heterocycles. The van der Waals surface area contributed by atoms with Gasteiger partial charge in [0.1, 0.15) is 12.4 Å². The Balaban J connectivity index is 1.50. The molecule has 0 aromatic heterocycles. The molecule has 1 saturated heterocycles. The first-order valence-corrected chi connectivity index (χ1v) is 13.2. The highest BCUT2D eigenvalue weighted by atomic mass is 79.9. The lowest BCUT2D eigenvalue weighted by Gasteiger charge is -2.13. The first-order valence-electron chi connectivity index (χ1n) is 10.1. The summed E-state index contributed by atoms with van der Waals surface area (Å²) < 4.78 is 7.34. The van der Waals surface area contributed by atoms with Gasteiger partial charge in [0.25, 0.3) is 11.1 Å². The molecule has 0 unspecified atom stereocenters. The summed E-state index contributed by atoms with van der Waals surface area (Å²) in [5.41, 5.74) is 3.58. The minimum atomic E-state index is -0.305. The van der Waals surface area contributed by atoms with Gasteiger partial charge < -0.3 is 4.74 Å². The Labute approximate surface area is 228 Å². The third kappa shape index (κ3) is 5.89. The van der Waals surface area contributed by atoms with Crippen LogP contribution in [0.25, 0.3) is 6.08 Å². The summed E-state index contributed by atoms with van der Waals surface area (Å²) in [5, 5.41) is 0.802. The second-order valence-electron chi connectivity index (χ2n) is 7.59. The van der Waals surface area contributed by atoms with Crippen molar-refractivity contribution >= 4 is 84.0 Å². The fourth-order valence-corrected chi connectivity index (χ4v) is 6.01. The van der Waals surface area contributed by atoms with Gasteiger partial charge in [-0.3, -0.25) is 14.5 Å². The number of ether oxygens (including phenoxy) is 1. The summed E-state index contributed by atoms with van der Waals surface area (Å²) >= 11 is 20.2. The summed E-state index contributed by atoms with van der Waals surface area (Å²) in [6.45, 7) is 2.49. The normalized spacial score (nSPS) is 14.9.